The van der Waals surface area contributed by atoms with E-state index in [-0.39, 0.29) is 17.2 Å². The molecule has 0 amide bonds. The first-order chi connectivity index (χ1) is 9.71. The number of guanidine groups is 1. The maximum Gasteiger partial charge on any atom is 0.494 e. The molecule has 1 heterocycles. The molecule has 1 aliphatic heterocycles. The summed E-state index contributed by atoms with van der Waals surface area (Å²) >= 11 is 0. The first-order valence-corrected chi connectivity index (χ1v) is 6.79. The zero-order valence-electron chi connectivity index (χ0n) is 12.8. The Labute approximate surface area is 125 Å². The first-order valence-electron chi connectivity index (χ1n) is 6.79. The van der Waals surface area contributed by atoms with E-state index >= 15 is 0 Å². The maximum atomic E-state index is 6.01. The summed E-state index contributed by atoms with van der Waals surface area (Å²) in [5.74, 6) is -0.0756. The molecule has 4 N–H and O–H groups in total. The van der Waals surface area contributed by atoms with Gasteiger partial charge in [0.15, 0.2) is 0 Å². The van der Waals surface area contributed by atoms with Crippen molar-refractivity contribution in [1.29, 1.82) is 0 Å². The van der Waals surface area contributed by atoms with Crippen molar-refractivity contribution in [2.75, 3.05) is 0 Å². The van der Waals surface area contributed by atoms with E-state index in [4.69, 9.17) is 20.8 Å². The van der Waals surface area contributed by atoms with Crippen LogP contribution in [0.4, 0.5) is 0 Å². The molecule has 2 rings (SSSR count). The van der Waals surface area contributed by atoms with Crippen LogP contribution in [-0.4, -0.2) is 30.5 Å². The lowest BCUT2D eigenvalue weighted by Crippen LogP contribution is -2.41. The number of rotatable bonds is 3. The van der Waals surface area contributed by atoms with Crippen LogP contribution in [0.2, 0.25) is 0 Å². The lowest BCUT2D eigenvalue weighted by molar-refractivity contribution is 0.00578. The zero-order chi connectivity index (χ0) is 15.7. The number of benzene rings is 1. The van der Waals surface area contributed by atoms with Gasteiger partial charge in [-0.1, -0.05) is 24.3 Å². The van der Waals surface area contributed by atoms with Crippen LogP contribution >= 0.6 is 0 Å². The average Bonchev–Trinajstić information content (AvgIpc) is 2.58. The van der Waals surface area contributed by atoms with Gasteiger partial charge in [0.2, 0.25) is 5.96 Å². The molecule has 0 bridgehead atoms. The van der Waals surface area contributed by atoms with Crippen molar-refractivity contribution in [3.05, 3.63) is 29.8 Å². The molecule has 0 aliphatic carbocycles. The van der Waals surface area contributed by atoms with Gasteiger partial charge in [-0.25, -0.2) is 0 Å². The number of hydrogen-bond acceptors (Lipinski definition) is 4. The molecule has 7 heteroatoms. The summed E-state index contributed by atoms with van der Waals surface area (Å²) in [7, 11) is -0.397. The van der Waals surface area contributed by atoms with Gasteiger partial charge < -0.3 is 20.8 Å². The standard InChI is InChI=1S/C14H21BN4O2/c1-13(2)14(3,4)21-15(20-13)11-7-5-6-10(8-11)9-18-19-12(16)17/h5-9H,1-4H3,(H4,16,17,19)/b18-9+. The van der Waals surface area contributed by atoms with Crippen LogP contribution < -0.4 is 16.9 Å². The summed E-state index contributed by atoms with van der Waals surface area (Å²) in [4.78, 5) is 0. The Balaban J connectivity index is 2.19. The highest BCUT2D eigenvalue weighted by molar-refractivity contribution is 6.62. The number of nitrogens with zero attached hydrogens (tertiary/aromatic N) is 2. The molecule has 0 radical (unpaired) electrons. The Morgan fingerprint density at radius 1 is 1.14 bits per heavy atom. The quantitative estimate of drug-likeness (QED) is 0.368. The van der Waals surface area contributed by atoms with Crippen molar-refractivity contribution in [3.63, 3.8) is 0 Å². The molecule has 1 fully saturated rings. The summed E-state index contributed by atoms with van der Waals surface area (Å²) in [6.45, 7) is 8.10. The Morgan fingerprint density at radius 3 is 2.33 bits per heavy atom. The van der Waals surface area contributed by atoms with E-state index in [1.54, 1.807) is 6.21 Å². The lowest BCUT2D eigenvalue weighted by Gasteiger charge is -2.32. The van der Waals surface area contributed by atoms with Crippen molar-refractivity contribution in [2.24, 2.45) is 21.7 Å². The van der Waals surface area contributed by atoms with Crippen LogP contribution in [0.3, 0.4) is 0 Å². The normalized spacial score (nSPS) is 19.9. The number of hydrogen-bond donors (Lipinski definition) is 2. The van der Waals surface area contributed by atoms with Gasteiger partial charge in [-0.2, -0.15) is 5.10 Å². The Morgan fingerprint density at radius 2 is 1.76 bits per heavy atom. The summed E-state index contributed by atoms with van der Waals surface area (Å²) < 4.78 is 12.0. The minimum absolute atomic E-state index is 0.0756. The van der Waals surface area contributed by atoms with Gasteiger partial charge in [0.25, 0.3) is 0 Å². The molecule has 0 saturated carbocycles. The van der Waals surface area contributed by atoms with Crippen LogP contribution in [0.25, 0.3) is 0 Å². The van der Waals surface area contributed by atoms with E-state index in [0.29, 0.717) is 0 Å². The van der Waals surface area contributed by atoms with E-state index in [2.05, 4.69) is 10.2 Å². The lowest BCUT2D eigenvalue weighted by atomic mass is 9.78. The van der Waals surface area contributed by atoms with Crippen LogP contribution in [0.1, 0.15) is 33.3 Å². The molecular formula is C14H21BN4O2. The largest absolute Gasteiger partial charge is 0.494 e. The number of nitrogens with two attached hydrogens (primary N) is 2. The van der Waals surface area contributed by atoms with E-state index in [1.165, 1.54) is 0 Å². The highest BCUT2D eigenvalue weighted by atomic mass is 16.7. The maximum absolute atomic E-state index is 6.01. The van der Waals surface area contributed by atoms with Crippen LogP contribution in [0.15, 0.2) is 34.5 Å². The van der Waals surface area contributed by atoms with Gasteiger partial charge in [0.1, 0.15) is 0 Å². The molecule has 1 aromatic rings. The van der Waals surface area contributed by atoms with E-state index < -0.39 is 7.12 Å². The average molecular weight is 288 g/mol. The SMILES string of the molecule is CC1(C)OB(c2cccc(/C=N/N=C(N)N)c2)OC1(C)C. The van der Waals surface area contributed by atoms with Crippen LogP contribution in [0.5, 0.6) is 0 Å². The summed E-state index contributed by atoms with van der Waals surface area (Å²) in [5.41, 5.74) is 11.5. The third-order valence-electron chi connectivity index (χ3n) is 3.82. The molecule has 1 aliphatic rings. The molecule has 6 nitrogen and oxygen atoms in total. The van der Waals surface area contributed by atoms with E-state index in [9.17, 15) is 0 Å². The molecule has 0 spiro atoms. The highest BCUT2D eigenvalue weighted by Gasteiger charge is 2.51. The summed E-state index contributed by atoms with van der Waals surface area (Å²) in [6.07, 6.45) is 1.58. The zero-order valence-corrected chi connectivity index (χ0v) is 12.8. The predicted molar refractivity (Wildman–Crippen MR) is 85.6 cm³/mol. The fourth-order valence-electron chi connectivity index (χ4n) is 1.93. The molecule has 0 aromatic heterocycles. The summed E-state index contributed by atoms with van der Waals surface area (Å²) in [6, 6.07) is 7.71. The van der Waals surface area contributed by atoms with Gasteiger partial charge in [-0.15, -0.1) is 5.10 Å². The topological polar surface area (TPSA) is 95.2 Å². The molecule has 0 unspecified atom stereocenters. The Hall–Kier alpha value is -1.86. The minimum atomic E-state index is -0.397. The van der Waals surface area contributed by atoms with Crippen molar-refractivity contribution < 1.29 is 9.31 Å². The van der Waals surface area contributed by atoms with Gasteiger partial charge in [-0.05, 0) is 38.7 Å². The molecule has 112 valence electrons. The van der Waals surface area contributed by atoms with Crippen molar-refractivity contribution >= 4 is 24.8 Å². The van der Waals surface area contributed by atoms with Crippen LogP contribution in [-0.2, 0) is 9.31 Å². The molecule has 1 aromatic carbocycles. The van der Waals surface area contributed by atoms with Gasteiger partial charge in [0, 0.05) is 0 Å². The second kappa shape index (κ2) is 5.50. The van der Waals surface area contributed by atoms with E-state index in [0.717, 1.165) is 11.0 Å². The second-order valence-corrected chi connectivity index (χ2v) is 6.03. The second-order valence-electron chi connectivity index (χ2n) is 6.03. The molecular weight excluding hydrogens is 267 g/mol. The Kier molecular flexibility index (Phi) is 4.07. The third kappa shape index (κ3) is 3.43. The highest BCUT2D eigenvalue weighted by Crippen LogP contribution is 2.36. The van der Waals surface area contributed by atoms with E-state index in [1.807, 2.05) is 52.0 Å². The monoisotopic (exact) mass is 288 g/mol. The molecule has 21 heavy (non-hydrogen) atoms. The van der Waals surface area contributed by atoms with Crippen LogP contribution in [0, 0.1) is 0 Å². The van der Waals surface area contributed by atoms with Crippen molar-refractivity contribution in [1.82, 2.24) is 0 Å². The van der Waals surface area contributed by atoms with Crippen molar-refractivity contribution in [3.8, 4) is 0 Å². The minimum Gasteiger partial charge on any atom is -0.399 e. The van der Waals surface area contributed by atoms with Gasteiger partial charge in [0.05, 0.1) is 17.4 Å². The Bertz CT molecular complexity index is 564. The van der Waals surface area contributed by atoms with Crippen molar-refractivity contribution in [2.45, 2.75) is 38.9 Å². The summed E-state index contributed by atoms with van der Waals surface area (Å²) in [5, 5.41) is 7.37. The molecule has 0 atom stereocenters. The van der Waals surface area contributed by atoms with Gasteiger partial charge >= 0.3 is 7.12 Å². The first kappa shape index (κ1) is 15.5. The predicted octanol–water partition coefficient (Wildman–Crippen LogP) is 0.593. The van der Waals surface area contributed by atoms with Gasteiger partial charge in [-0.3, -0.25) is 0 Å². The smallest absolute Gasteiger partial charge is 0.399 e. The fraction of sp³-hybridized carbons (Fsp3) is 0.429. The molecule has 1 saturated heterocycles. The fourth-order valence-corrected chi connectivity index (χ4v) is 1.93. The third-order valence-corrected chi connectivity index (χ3v) is 3.82.